The molecule has 1 fully saturated rings. The molecule has 1 aromatic heterocycles. The lowest BCUT2D eigenvalue weighted by molar-refractivity contribution is -0.134. The second-order valence-electron chi connectivity index (χ2n) is 6.43. The van der Waals surface area contributed by atoms with E-state index in [9.17, 15) is 9.59 Å². The number of hydrogen-bond acceptors (Lipinski definition) is 7. The van der Waals surface area contributed by atoms with Crippen molar-refractivity contribution in [2.45, 2.75) is 25.6 Å². The Kier molecular flexibility index (Phi) is 6.49. The third kappa shape index (κ3) is 4.80. The van der Waals surface area contributed by atoms with E-state index in [0.29, 0.717) is 36.8 Å². The zero-order valence-electron chi connectivity index (χ0n) is 15.9. The molecule has 1 saturated heterocycles. The number of nitrogens with one attached hydrogen (secondary N) is 2. The predicted octanol–water partition coefficient (Wildman–Crippen LogP) is 0.699. The van der Waals surface area contributed by atoms with Gasteiger partial charge in [0.05, 0.1) is 33.2 Å². The van der Waals surface area contributed by atoms with Gasteiger partial charge in [0.2, 0.25) is 11.8 Å². The maximum absolute atomic E-state index is 12.4. The van der Waals surface area contributed by atoms with Crippen LogP contribution in [0.25, 0.3) is 0 Å². The van der Waals surface area contributed by atoms with Crippen molar-refractivity contribution < 1.29 is 23.6 Å². The number of carbonyl (C=O) groups excluding carboxylic acids is 2. The predicted molar refractivity (Wildman–Crippen MR) is 99.7 cm³/mol. The van der Waals surface area contributed by atoms with E-state index < -0.39 is 6.04 Å². The second kappa shape index (κ2) is 9.23. The van der Waals surface area contributed by atoms with Crippen LogP contribution in [0.15, 0.2) is 35.1 Å². The van der Waals surface area contributed by atoms with E-state index in [1.54, 1.807) is 26.4 Å². The summed E-state index contributed by atoms with van der Waals surface area (Å²) in [7, 11) is 3.19. The van der Waals surface area contributed by atoms with Gasteiger partial charge in [-0.25, -0.2) is 0 Å². The van der Waals surface area contributed by atoms with E-state index in [2.05, 4.69) is 15.8 Å². The highest BCUT2D eigenvalue weighted by molar-refractivity contribution is 5.88. The van der Waals surface area contributed by atoms with Gasteiger partial charge in [-0.1, -0.05) is 11.2 Å². The van der Waals surface area contributed by atoms with Gasteiger partial charge in [0, 0.05) is 37.3 Å². The van der Waals surface area contributed by atoms with Crippen LogP contribution in [-0.2, 0) is 22.7 Å². The fourth-order valence-corrected chi connectivity index (χ4v) is 3.14. The van der Waals surface area contributed by atoms with E-state index in [0.717, 1.165) is 5.56 Å². The van der Waals surface area contributed by atoms with Gasteiger partial charge in [0.25, 0.3) is 0 Å². The van der Waals surface area contributed by atoms with Crippen LogP contribution < -0.4 is 20.1 Å². The third-order valence-corrected chi connectivity index (χ3v) is 4.65. The van der Waals surface area contributed by atoms with E-state index in [1.165, 1.54) is 6.26 Å². The Labute approximate surface area is 163 Å². The van der Waals surface area contributed by atoms with Crippen LogP contribution >= 0.6 is 0 Å². The molecule has 0 unspecified atom stereocenters. The maximum atomic E-state index is 12.4. The fourth-order valence-electron chi connectivity index (χ4n) is 3.14. The van der Waals surface area contributed by atoms with Crippen molar-refractivity contribution in [2.24, 2.45) is 0 Å². The monoisotopic (exact) mass is 388 g/mol. The topological polar surface area (TPSA) is 106 Å². The van der Waals surface area contributed by atoms with E-state index in [4.69, 9.17) is 14.0 Å². The lowest BCUT2D eigenvalue weighted by Crippen LogP contribution is -2.56. The molecular weight excluding hydrogens is 364 g/mol. The van der Waals surface area contributed by atoms with Crippen LogP contribution in [-0.4, -0.2) is 55.2 Å². The Bertz CT molecular complexity index is 809. The van der Waals surface area contributed by atoms with Crippen molar-refractivity contribution in [3.8, 4) is 11.5 Å². The fraction of sp³-hybridized carbons (Fsp3) is 0.421. The molecule has 3 rings (SSSR count). The normalized spacial score (nSPS) is 17.1. The minimum atomic E-state index is -0.558. The Morgan fingerprint density at radius 3 is 2.93 bits per heavy atom. The molecule has 2 N–H and O–H groups in total. The molecule has 0 bridgehead atoms. The van der Waals surface area contributed by atoms with Crippen molar-refractivity contribution in [1.29, 1.82) is 0 Å². The number of ether oxygens (including phenoxy) is 2. The van der Waals surface area contributed by atoms with Crippen molar-refractivity contribution >= 4 is 11.8 Å². The van der Waals surface area contributed by atoms with Crippen molar-refractivity contribution in [3.05, 3.63) is 41.8 Å². The SMILES string of the molecule is COc1ccc(CN2CCNC(=O)[C@@H]2CC(=O)NCc2ccon2)c(OC)c1. The third-order valence-electron chi connectivity index (χ3n) is 4.65. The molecule has 1 aliphatic heterocycles. The van der Waals surface area contributed by atoms with Gasteiger partial charge in [-0.3, -0.25) is 14.5 Å². The molecule has 0 aliphatic carbocycles. The van der Waals surface area contributed by atoms with Crippen LogP contribution in [0, 0.1) is 0 Å². The molecule has 2 aromatic rings. The van der Waals surface area contributed by atoms with E-state index in [-0.39, 0.29) is 24.8 Å². The molecule has 28 heavy (non-hydrogen) atoms. The minimum Gasteiger partial charge on any atom is -0.497 e. The molecule has 1 aromatic carbocycles. The first-order valence-corrected chi connectivity index (χ1v) is 8.99. The van der Waals surface area contributed by atoms with Crippen molar-refractivity contribution in [1.82, 2.24) is 20.7 Å². The molecule has 0 spiro atoms. The minimum absolute atomic E-state index is 0.0577. The van der Waals surface area contributed by atoms with Gasteiger partial charge in [-0.2, -0.15) is 0 Å². The molecule has 1 atom stereocenters. The zero-order chi connectivity index (χ0) is 19.9. The van der Waals surface area contributed by atoms with Gasteiger partial charge < -0.3 is 24.6 Å². The first-order chi connectivity index (χ1) is 13.6. The number of aromatic nitrogens is 1. The summed E-state index contributed by atoms with van der Waals surface area (Å²) >= 11 is 0. The summed E-state index contributed by atoms with van der Waals surface area (Å²) in [5.74, 6) is 0.993. The first-order valence-electron chi connectivity index (χ1n) is 8.99. The summed E-state index contributed by atoms with van der Waals surface area (Å²) in [6.45, 7) is 1.92. The van der Waals surface area contributed by atoms with Crippen LogP contribution in [0.5, 0.6) is 11.5 Å². The standard InChI is InChI=1S/C19H24N4O5/c1-26-15-4-3-13(17(9-15)27-2)12-23-7-6-20-19(25)16(23)10-18(24)21-11-14-5-8-28-22-14/h3-5,8-9,16H,6-7,10-12H2,1-2H3,(H,20,25)(H,21,24)/t16-/m0/s1. The highest BCUT2D eigenvalue weighted by atomic mass is 16.5. The van der Waals surface area contributed by atoms with Gasteiger partial charge in [0.1, 0.15) is 23.5 Å². The molecule has 0 saturated carbocycles. The number of methoxy groups -OCH3 is 2. The van der Waals surface area contributed by atoms with Crippen LogP contribution in [0.3, 0.4) is 0 Å². The summed E-state index contributed by atoms with van der Waals surface area (Å²) in [6, 6.07) is 6.68. The lowest BCUT2D eigenvalue weighted by Gasteiger charge is -2.35. The second-order valence-corrected chi connectivity index (χ2v) is 6.43. The summed E-state index contributed by atoms with van der Waals surface area (Å²) in [5.41, 5.74) is 1.55. The molecule has 2 heterocycles. The van der Waals surface area contributed by atoms with E-state index >= 15 is 0 Å². The summed E-state index contributed by atoms with van der Waals surface area (Å²) in [6.07, 6.45) is 1.50. The highest BCUT2D eigenvalue weighted by Crippen LogP contribution is 2.27. The number of amides is 2. The van der Waals surface area contributed by atoms with Gasteiger partial charge in [-0.15, -0.1) is 0 Å². The molecule has 9 nitrogen and oxygen atoms in total. The Morgan fingerprint density at radius 1 is 1.36 bits per heavy atom. The molecule has 150 valence electrons. The van der Waals surface area contributed by atoms with Gasteiger partial charge in [0.15, 0.2) is 0 Å². The Morgan fingerprint density at radius 2 is 2.21 bits per heavy atom. The number of piperazine rings is 1. The average molecular weight is 388 g/mol. The summed E-state index contributed by atoms with van der Waals surface area (Å²) in [5, 5.41) is 9.35. The molecule has 0 radical (unpaired) electrons. The lowest BCUT2D eigenvalue weighted by atomic mass is 10.1. The number of benzene rings is 1. The smallest absolute Gasteiger partial charge is 0.237 e. The van der Waals surface area contributed by atoms with Gasteiger partial charge >= 0.3 is 0 Å². The number of carbonyl (C=O) groups is 2. The summed E-state index contributed by atoms with van der Waals surface area (Å²) in [4.78, 5) is 26.7. The van der Waals surface area contributed by atoms with Crippen LogP contribution in [0.4, 0.5) is 0 Å². The molecule has 1 aliphatic rings. The first kappa shape index (κ1) is 19.7. The molecular formula is C19H24N4O5. The van der Waals surface area contributed by atoms with Crippen LogP contribution in [0.1, 0.15) is 17.7 Å². The Hall–Kier alpha value is -3.07. The Balaban J connectivity index is 1.66. The highest BCUT2D eigenvalue weighted by Gasteiger charge is 2.32. The number of rotatable bonds is 8. The number of nitrogens with zero attached hydrogens (tertiary/aromatic N) is 2. The van der Waals surface area contributed by atoms with Gasteiger partial charge in [-0.05, 0) is 6.07 Å². The quantitative estimate of drug-likeness (QED) is 0.686. The zero-order valence-corrected chi connectivity index (χ0v) is 15.9. The largest absolute Gasteiger partial charge is 0.497 e. The average Bonchev–Trinajstić information content (AvgIpc) is 3.23. The maximum Gasteiger partial charge on any atom is 0.237 e. The summed E-state index contributed by atoms with van der Waals surface area (Å²) < 4.78 is 15.4. The van der Waals surface area contributed by atoms with E-state index in [1.807, 2.05) is 17.0 Å². The van der Waals surface area contributed by atoms with Crippen molar-refractivity contribution in [2.75, 3.05) is 27.3 Å². The molecule has 2 amide bonds. The van der Waals surface area contributed by atoms with Crippen molar-refractivity contribution in [3.63, 3.8) is 0 Å². The number of hydrogen-bond donors (Lipinski definition) is 2. The molecule has 9 heteroatoms. The van der Waals surface area contributed by atoms with Crippen LogP contribution in [0.2, 0.25) is 0 Å².